The summed E-state index contributed by atoms with van der Waals surface area (Å²) in [5, 5.41) is 9.29. The Morgan fingerprint density at radius 2 is 2.00 bits per heavy atom. The minimum absolute atomic E-state index is 0.229. The number of halogens is 1. The zero-order valence-corrected chi connectivity index (χ0v) is 10.3. The highest BCUT2D eigenvalue weighted by Crippen LogP contribution is 2.22. The van der Waals surface area contributed by atoms with Crippen LogP contribution in [0, 0.1) is 5.82 Å². The number of rotatable bonds is 7. The Kier molecular flexibility index (Phi) is 5.94. The van der Waals surface area contributed by atoms with Gasteiger partial charge in [0.1, 0.15) is 0 Å². The molecule has 1 atom stereocenters. The van der Waals surface area contributed by atoms with Crippen LogP contribution in [-0.2, 0) is 4.74 Å². The quantitative estimate of drug-likeness (QED) is 0.747. The van der Waals surface area contributed by atoms with Crippen LogP contribution >= 0.6 is 0 Å². The van der Waals surface area contributed by atoms with E-state index in [2.05, 4.69) is 0 Å². The standard InChI is InChI=1S/C13H19FO3/c1-10(15)11-5-6-13(12(14)9-11)17-8-4-3-7-16-2/h5-6,9-10,15H,3-4,7-8H2,1-2H3/t10-/m1/s1. The van der Waals surface area contributed by atoms with E-state index < -0.39 is 11.9 Å². The van der Waals surface area contributed by atoms with Gasteiger partial charge < -0.3 is 14.6 Å². The second-order valence-corrected chi connectivity index (χ2v) is 3.91. The monoisotopic (exact) mass is 242 g/mol. The molecule has 0 aliphatic rings. The van der Waals surface area contributed by atoms with Gasteiger partial charge in [0, 0.05) is 13.7 Å². The zero-order chi connectivity index (χ0) is 12.7. The Hall–Kier alpha value is -1.13. The molecule has 0 saturated heterocycles. The third kappa shape index (κ3) is 4.71. The van der Waals surface area contributed by atoms with E-state index in [9.17, 15) is 9.50 Å². The van der Waals surface area contributed by atoms with E-state index >= 15 is 0 Å². The van der Waals surface area contributed by atoms with Crippen LogP contribution in [-0.4, -0.2) is 25.4 Å². The Morgan fingerprint density at radius 1 is 1.29 bits per heavy atom. The first-order valence-corrected chi connectivity index (χ1v) is 5.74. The van der Waals surface area contributed by atoms with Gasteiger partial charge in [0.25, 0.3) is 0 Å². The highest BCUT2D eigenvalue weighted by atomic mass is 19.1. The van der Waals surface area contributed by atoms with Gasteiger partial charge in [-0.2, -0.15) is 0 Å². The molecule has 96 valence electrons. The van der Waals surface area contributed by atoms with Gasteiger partial charge in [-0.25, -0.2) is 4.39 Å². The number of unbranched alkanes of at least 4 members (excludes halogenated alkanes) is 1. The number of aliphatic hydroxyl groups is 1. The molecule has 4 heteroatoms. The van der Waals surface area contributed by atoms with Crippen LogP contribution in [0.5, 0.6) is 5.75 Å². The molecule has 1 aromatic rings. The highest BCUT2D eigenvalue weighted by molar-refractivity contribution is 5.30. The van der Waals surface area contributed by atoms with Crippen molar-refractivity contribution in [3.8, 4) is 5.75 Å². The van der Waals surface area contributed by atoms with E-state index in [1.54, 1.807) is 26.2 Å². The molecule has 17 heavy (non-hydrogen) atoms. The van der Waals surface area contributed by atoms with Gasteiger partial charge >= 0.3 is 0 Å². The number of methoxy groups -OCH3 is 1. The molecule has 0 heterocycles. The maximum Gasteiger partial charge on any atom is 0.165 e. The number of hydrogen-bond acceptors (Lipinski definition) is 3. The van der Waals surface area contributed by atoms with Gasteiger partial charge in [0.2, 0.25) is 0 Å². The molecular weight excluding hydrogens is 223 g/mol. The average molecular weight is 242 g/mol. The summed E-state index contributed by atoms with van der Waals surface area (Å²) in [6, 6.07) is 4.51. The SMILES string of the molecule is COCCCCOc1ccc([C@@H](C)O)cc1F. The third-order valence-corrected chi connectivity index (χ3v) is 2.44. The van der Waals surface area contributed by atoms with E-state index in [1.165, 1.54) is 6.07 Å². The summed E-state index contributed by atoms with van der Waals surface area (Å²) in [5.41, 5.74) is 0.550. The summed E-state index contributed by atoms with van der Waals surface area (Å²) in [7, 11) is 1.65. The average Bonchev–Trinajstić information content (AvgIpc) is 2.30. The summed E-state index contributed by atoms with van der Waals surface area (Å²) >= 11 is 0. The lowest BCUT2D eigenvalue weighted by Gasteiger charge is -2.09. The fourth-order valence-corrected chi connectivity index (χ4v) is 1.42. The van der Waals surface area contributed by atoms with Gasteiger partial charge in [-0.05, 0) is 37.5 Å². The van der Waals surface area contributed by atoms with Crippen molar-refractivity contribution in [2.24, 2.45) is 0 Å². The Morgan fingerprint density at radius 3 is 2.59 bits per heavy atom. The Balaban J connectivity index is 2.43. The lowest BCUT2D eigenvalue weighted by Crippen LogP contribution is -2.02. The molecule has 0 radical (unpaired) electrons. The molecule has 1 aromatic carbocycles. The van der Waals surface area contributed by atoms with Crippen molar-refractivity contribution in [1.82, 2.24) is 0 Å². The fraction of sp³-hybridized carbons (Fsp3) is 0.538. The van der Waals surface area contributed by atoms with Gasteiger partial charge in [-0.15, -0.1) is 0 Å². The topological polar surface area (TPSA) is 38.7 Å². The normalized spacial score (nSPS) is 12.5. The summed E-state index contributed by atoms with van der Waals surface area (Å²) in [4.78, 5) is 0. The summed E-state index contributed by atoms with van der Waals surface area (Å²) in [6.07, 6.45) is 1.05. The minimum Gasteiger partial charge on any atom is -0.491 e. The van der Waals surface area contributed by atoms with Crippen LogP contribution in [0.15, 0.2) is 18.2 Å². The Labute approximate surface area is 101 Å². The highest BCUT2D eigenvalue weighted by Gasteiger charge is 2.07. The van der Waals surface area contributed by atoms with Gasteiger partial charge in [-0.3, -0.25) is 0 Å². The molecule has 0 saturated carbocycles. The lowest BCUT2D eigenvalue weighted by atomic mass is 10.1. The summed E-state index contributed by atoms with van der Waals surface area (Å²) in [6.45, 7) is 2.75. The molecule has 1 N–H and O–H groups in total. The number of aliphatic hydroxyl groups excluding tert-OH is 1. The molecule has 0 spiro atoms. The molecule has 0 aliphatic heterocycles. The first kappa shape index (κ1) is 13.9. The van der Waals surface area contributed by atoms with Crippen LogP contribution in [0.25, 0.3) is 0 Å². The van der Waals surface area contributed by atoms with E-state index in [0.717, 1.165) is 12.8 Å². The molecule has 3 nitrogen and oxygen atoms in total. The summed E-state index contributed by atoms with van der Waals surface area (Å²) in [5.74, 6) is -0.207. The number of hydrogen-bond donors (Lipinski definition) is 1. The van der Waals surface area contributed by atoms with Crippen molar-refractivity contribution >= 4 is 0 Å². The predicted molar refractivity (Wildman–Crippen MR) is 63.6 cm³/mol. The zero-order valence-electron chi connectivity index (χ0n) is 10.3. The molecule has 1 rings (SSSR count). The number of ether oxygens (including phenoxy) is 2. The molecule has 0 fully saturated rings. The van der Waals surface area contributed by atoms with Crippen molar-refractivity contribution < 1.29 is 19.0 Å². The molecule has 0 bridgehead atoms. The van der Waals surface area contributed by atoms with Gasteiger partial charge in [0.05, 0.1) is 12.7 Å². The van der Waals surface area contributed by atoms with Crippen molar-refractivity contribution in [3.63, 3.8) is 0 Å². The van der Waals surface area contributed by atoms with Crippen molar-refractivity contribution in [2.45, 2.75) is 25.9 Å². The molecular formula is C13H19FO3. The second-order valence-electron chi connectivity index (χ2n) is 3.91. The van der Waals surface area contributed by atoms with Crippen LogP contribution in [0.4, 0.5) is 4.39 Å². The van der Waals surface area contributed by atoms with Crippen LogP contribution in [0.2, 0.25) is 0 Å². The molecule has 0 unspecified atom stereocenters. The van der Waals surface area contributed by atoms with Crippen LogP contribution in [0.1, 0.15) is 31.4 Å². The van der Waals surface area contributed by atoms with Crippen molar-refractivity contribution in [3.05, 3.63) is 29.6 Å². The molecule has 0 aliphatic carbocycles. The number of benzene rings is 1. The smallest absolute Gasteiger partial charge is 0.165 e. The minimum atomic E-state index is -0.666. The predicted octanol–water partition coefficient (Wildman–Crippen LogP) is 2.68. The van der Waals surface area contributed by atoms with E-state index in [1.807, 2.05) is 0 Å². The first-order chi connectivity index (χ1) is 8.15. The first-order valence-electron chi connectivity index (χ1n) is 5.74. The maximum atomic E-state index is 13.5. The Bertz CT molecular complexity index is 339. The van der Waals surface area contributed by atoms with Crippen molar-refractivity contribution in [1.29, 1.82) is 0 Å². The van der Waals surface area contributed by atoms with E-state index in [4.69, 9.17) is 9.47 Å². The fourth-order valence-electron chi connectivity index (χ4n) is 1.42. The molecule has 0 amide bonds. The van der Waals surface area contributed by atoms with Gasteiger partial charge in [0.15, 0.2) is 11.6 Å². The second kappa shape index (κ2) is 7.25. The van der Waals surface area contributed by atoms with Crippen molar-refractivity contribution in [2.75, 3.05) is 20.3 Å². The van der Waals surface area contributed by atoms with Crippen LogP contribution < -0.4 is 4.74 Å². The summed E-state index contributed by atoms with van der Waals surface area (Å²) < 4.78 is 23.7. The van der Waals surface area contributed by atoms with Crippen LogP contribution in [0.3, 0.4) is 0 Å². The maximum absolute atomic E-state index is 13.5. The van der Waals surface area contributed by atoms with E-state index in [0.29, 0.717) is 18.8 Å². The largest absolute Gasteiger partial charge is 0.491 e. The molecule has 0 aromatic heterocycles. The van der Waals surface area contributed by atoms with E-state index in [-0.39, 0.29) is 5.75 Å². The lowest BCUT2D eigenvalue weighted by molar-refractivity contribution is 0.183. The van der Waals surface area contributed by atoms with Gasteiger partial charge in [-0.1, -0.05) is 6.07 Å². The third-order valence-electron chi connectivity index (χ3n) is 2.44.